The van der Waals surface area contributed by atoms with Crippen LogP contribution in [0.4, 0.5) is 0 Å². The third kappa shape index (κ3) is 3.39. The van der Waals surface area contributed by atoms with Crippen molar-refractivity contribution in [2.75, 3.05) is 26.2 Å². The van der Waals surface area contributed by atoms with Gasteiger partial charge in [-0.2, -0.15) is 0 Å². The summed E-state index contributed by atoms with van der Waals surface area (Å²) >= 11 is 11.8. The second-order valence-corrected chi connectivity index (χ2v) is 5.33. The first-order valence-electron chi connectivity index (χ1n) is 5.98. The Balaban J connectivity index is 2.07. The molecule has 102 valence electrons. The zero-order chi connectivity index (χ0) is 14.0. The van der Waals surface area contributed by atoms with Crippen molar-refractivity contribution in [1.82, 2.24) is 9.80 Å². The first-order chi connectivity index (χ1) is 8.97. The van der Waals surface area contributed by atoms with Crippen molar-refractivity contribution in [2.45, 2.75) is 6.92 Å². The number of halogens is 2. The summed E-state index contributed by atoms with van der Waals surface area (Å²) in [5.74, 6) is -0.0644. The number of rotatable bonds is 1. The van der Waals surface area contributed by atoms with Crippen LogP contribution < -0.4 is 0 Å². The second kappa shape index (κ2) is 5.80. The Kier molecular flexibility index (Phi) is 4.32. The molecule has 2 amide bonds. The quantitative estimate of drug-likeness (QED) is 0.798. The highest BCUT2D eigenvalue weighted by atomic mass is 35.5. The van der Waals surface area contributed by atoms with Gasteiger partial charge in [-0.15, -0.1) is 0 Å². The van der Waals surface area contributed by atoms with Crippen molar-refractivity contribution in [1.29, 1.82) is 0 Å². The monoisotopic (exact) mass is 300 g/mol. The molecular weight excluding hydrogens is 287 g/mol. The molecule has 0 atom stereocenters. The molecule has 1 aliphatic rings. The van der Waals surface area contributed by atoms with Crippen molar-refractivity contribution in [3.8, 4) is 0 Å². The van der Waals surface area contributed by atoms with Crippen LogP contribution in [0.1, 0.15) is 17.3 Å². The van der Waals surface area contributed by atoms with E-state index in [-0.39, 0.29) is 11.8 Å². The number of amides is 2. The Labute approximate surface area is 121 Å². The van der Waals surface area contributed by atoms with Gasteiger partial charge in [0.05, 0.1) is 0 Å². The van der Waals surface area contributed by atoms with E-state index in [2.05, 4.69) is 0 Å². The van der Waals surface area contributed by atoms with E-state index in [1.54, 1.807) is 28.0 Å². The first-order valence-corrected chi connectivity index (χ1v) is 6.74. The Bertz CT molecular complexity index is 491. The Morgan fingerprint density at radius 3 is 1.89 bits per heavy atom. The van der Waals surface area contributed by atoms with Crippen LogP contribution in [0.25, 0.3) is 0 Å². The molecule has 0 bridgehead atoms. The lowest BCUT2D eigenvalue weighted by molar-refractivity contribution is -0.130. The molecule has 1 aliphatic heterocycles. The van der Waals surface area contributed by atoms with E-state index < -0.39 is 0 Å². The fourth-order valence-electron chi connectivity index (χ4n) is 2.08. The summed E-state index contributed by atoms with van der Waals surface area (Å²) in [6.07, 6.45) is 0. The Morgan fingerprint density at radius 2 is 1.42 bits per heavy atom. The number of carbonyl (C=O) groups excluding carboxylic acids is 2. The van der Waals surface area contributed by atoms with E-state index in [1.807, 2.05) is 0 Å². The van der Waals surface area contributed by atoms with Crippen LogP contribution in [0, 0.1) is 0 Å². The van der Waals surface area contributed by atoms with Gasteiger partial charge in [-0.3, -0.25) is 9.59 Å². The van der Waals surface area contributed by atoms with Gasteiger partial charge < -0.3 is 9.80 Å². The van der Waals surface area contributed by atoms with Gasteiger partial charge in [-0.1, -0.05) is 23.2 Å². The minimum atomic E-state index is -0.104. The van der Waals surface area contributed by atoms with Gasteiger partial charge in [0, 0.05) is 48.7 Å². The highest BCUT2D eigenvalue weighted by Gasteiger charge is 2.23. The zero-order valence-corrected chi connectivity index (χ0v) is 12.0. The predicted molar refractivity (Wildman–Crippen MR) is 74.6 cm³/mol. The summed E-state index contributed by atoms with van der Waals surface area (Å²) in [5.41, 5.74) is 0.480. The average Bonchev–Trinajstić information content (AvgIpc) is 2.37. The standard InChI is InChI=1S/C13H14Cl2N2O2/c1-9(18)16-2-4-17(5-3-16)13(19)10-6-11(14)8-12(15)7-10/h6-8H,2-5H2,1H3. The molecule has 1 saturated heterocycles. The van der Waals surface area contributed by atoms with Crippen molar-refractivity contribution in [2.24, 2.45) is 0 Å². The second-order valence-electron chi connectivity index (χ2n) is 4.46. The van der Waals surface area contributed by atoms with E-state index >= 15 is 0 Å². The Morgan fingerprint density at radius 1 is 0.947 bits per heavy atom. The molecule has 0 radical (unpaired) electrons. The molecule has 0 aromatic heterocycles. The van der Waals surface area contributed by atoms with Crippen molar-refractivity contribution >= 4 is 35.0 Å². The van der Waals surface area contributed by atoms with Gasteiger partial charge in [0.15, 0.2) is 0 Å². The topological polar surface area (TPSA) is 40.6 Å². The number of nitrogens with zero attached hydrogens (tertiary/aromatic N) is 2. The average molecular weight is 301 g/mol. The van der Waals surface area contributed by atoms with E-state index in [1.165, 1.54) is 6.92 Å². The minimum Gasteiger partial charge on any atom is -0.339 e. The zero-order valence-electron chi connectivity index (χ0n) is 10.5. The van der Waals surface area contributed by atoms with E-state index in [0.29, 0.717) is 41.8 Å². The van der Waals surface area contributed by atoms with Crippen LogP contribution in [0.5, 0.6) is 0 Å². The maximum atomic E-state index is 12.3. The molecular formula is C13H14Cl2N2O2. The minimum absolute atomic E-state index is 0.0397. The van der Waals surface area contributed by atoms with Gasteiger partial charge in [0.25, 0.3) is 5.91 Å². The number of hydrogen-bond acceptors (Lipinski definition) is 2. The molecule has 0 N–H and O–H groups in total. The number of benzene rings is 1. The maximum absolute atomic E-state index is 12.3. The van der Waals surface area contributed by atoms with Crippen molar-refractivity contribution < 1.29 is 9.59 Å². The normalized spacial score (nSPS) is 15.5. The molecule has 1 aromatic carbocycles. The maximum Gasteiger partial charge on any atom is 0.254 e. The number of carbonyl (C=O) groups is 2. The van der Waals surface area contributed by atoms with Crippen LogP contribution in [0.15, 0.2) is 18.2 Å². The summed E-state index contributed by atoms with van der Waals surface area (Å²) in [7, 11) is 0. The molecule has 0 aliphatic carbocycles. The summed E-state index contributed by atoms with van der Waals surface area (Å²) in [4.78, 5) is 26.9. The smallest absolute Gasteiger partial charge is 0.254 e. The highest BCUT2D eigenvalue weighted by Crippen LogP contribution is 2.20. The van der Waals surface area contributed by atoms with Crippen LogP contribution in [0.3, 0.4) is 0 Å². The van der Waals surface area contributed by atoms with Crippen LogP contribution >= 0.6 is 23.2 Å². The van der Waals surface area contributed by atoms with Crippen molar-refractivity contribution in [3.63, 3.8) is 0 Å². The van der Waals surface area contributed by atoms with Crippen LogP contribution in [0.2, 0.25) is 10.0 Å². The molecule has 2 rings (SSSR count). The lowest BCUT2D eigenvalue weighted by Crippen LogP contribution is -2.50. The molecule has 4 nitrogen and oxygen atoms in total. The third-order valence-electron chi connectivity index (χ3n) is 3.12. The molecule has 0 saturated carbocycles. The molecule has 1 fully saturated rings. The van der Waals surface area contributed by atoms with Crippen molar-refractivity contribution in [3.05, 3.63) is 33.8 Å². The number of hydrogen-bond donors (Lipinski definition) is 0. The molecule has 0 spiro atoms. The largest absolute Gasteiger partial charge is 0.339 e. The summed E-state index contributed by atoms with van der Waals surface area (Å²) in [6, 6.07) is 4.80. The third-order valence-corrected chi connectivity index (χ3v) is 3.56. The van der Waals surface area contributed by atoms with Gasteiger partial charge in [-0.25, -0.2) is 0 Å². The molecule has 0 unspecified atom stereocenters. The lowest BCUT2D eigenvalue weighted by atomic mass is 10.2. The van der Waals surface area contributed by atoms with E-state index in [4.69, 9.17) is 23.2 Å². The van der Waals surface area contributed by atoms with Gasteiger partial charge in [-0.05, 0) is 18.2 Å². The van der Waals surface area contributed by atoms with E-state index in [0.717, 1.165) is 0 Å². The highest BCUT2D eigenvalue weighted by molar-refractivity contribution is 6.35. The fraction of sp³-hybridized carbons (Fsp3) is 0.385. The molecule has 1 aromatic rings. The fourth-order valence-corrected chi connectivity index (χ4v) is 2.61. The first kappa shape index (κ1) is 14.2. The van der Waals surface area contributed by atoms with Gasteiger partial charge >= 0.3 is 0 Å². The molecule has 1 heterocycles. The molecule has 6 heteroatoms. The van der Waals surface area contributed by atoms with Crippen LogP contribution in [-0.2, 0) is 4.79 Å². The van der Waals surface area contributed by atoms with Gasteiger partial charge in [0.2, 0.25) is 5.91 Å². The van der Waals surface area contributed by atoms with Gasteiger partial charge in [0.1, 0.15) is 0 Å². The van der Waals surface area contributed by atoms with Crippen LogP contribution in [-0.4, -0.2) is 47.8 Å². The molecule has 19 heavy (non-hydrogen) atoms. The Hall–Kier alpha value is -1.26. The summed E-state index contributed by atoms with van der Waals surface area (Å²) < 4.78 is 0. The summed E-state index contributed by atoms with van der Waals surface area (Å²) in [6.45, 7) is 3.73. The number of piperazine rings is 1. The SMILES string of the molecule is CC(=O)N1CCN(C(=O)c2cc(Cl)cc(Cl)c2)CC1. The summed E-state index contributed by atoms with van der Waals surface area (Å²) in [5, 5.41) is 0.886. The van der Waals surface area contributed by atoms with E-state index in [9.17, 15) is 9.59 Å². The predicted octanol–water partition coefficient (Wildman–Crippen LogP) is 2.30. The lowest BCUT2D eigenvalue weighted by Gasteiger charge is -2.34.